The minimum absolute atomic E-state index is 0.0353. The third-order valence-corrected chi connectivity index (χ3v) is 3.93. The molecule has 2 heterocycles. The minimum Gasteiger partial charge on any atom is -0.480 e. The molecule has 2 atom stereocenters. The predicted molar refractivity (Wildman–Crippen MR) is 83.8 cm³/mol. The van der Waals surface area contributed by atoms with Gasteiger partial charge < -0.3 is 14.8 Å². The number of benzene rings is 1. The molecule has 0 amide bonds. The van der Waals surface area contributed by atoms with Crippen LogP contribution in [-0.4, -0.2) is 27.1 Å². The number of rotatable bonds is 5. The number of furan rings is 1. The first-order valence-corrected chi connectivity index (χ1v) is 7.23. The van der Waals surface area contributed by atoms with Gasteiger partial charge in [0.1, 0.15) is 23.5 Å². The third kappa shape index (κ3) is 2.36. The molecule has 0 aliphatic rings. The van der Waals surface area contributed by atoms with Crippen molar-refractivity contribution in [2.24, 2.45) is 5.92 Å². The Kier molecular flexibility index (Phi) is 3.66. The van der Waals surface area contributed by atoms with Crippen LogP contribution in [-0.2, 0) is 4.79 Å². The van der Waals surface area contributed by atoms with Gasteiger partial charge in [-0.3, -0.25) is 0 Å². The topological polar surface area (TPSA) is 88.3 Å². The van der Waals surface area contributed by atoms with Crippen LogP contribution in [0.25, 0.3) is 22.1 Å². The highest BCUT2D eigenvalue weighted by Crippen LogP contribution is 2.31. The zero-order valence-corrected chi connectivity index (χ0v) is 12.4. The fraction of sp³-hybridized carbons (Fsp3) is 0.312. The van der Waals surface area contributed by atoms with Crippen LogP contribution in [0.1, 0.15) is 20.3 Å². The average molecular weight is 299 g/mol. The largest absolute Gasteiger partial charge is 0.480 e. The van der Waals surface area contributed by atoms with E-state index in [0.29, 0.717) is 22.5 Å². The number of para-hydroxylation sites is 1. The lowest BCUT2D eigenvalue weighted by atomic mass is 9.99. The molecule has 22 heavy (non-hydrogen) atoms. The smallest absolute Gasteiger partial charge is 0.326 e. The first-order valence-electron chi connectivity index (χ1n) is 7.23. The molecule has 2 N–H and O–H groups in total. The van der Waals surface area contributed by atoms with Crippen molar-refractivity contribution in [3.8, 4) is 0 Å². The number of hydrogen-bond donors (Lipinski definition) is 2. The molecule has 2 aromatic heterocycles. The maximum atomic E-state index is 11.5. The van der Waals surface area contributed by atoms with Gasteiger partial charge in [0.25, 0.3) is 0 Å². The molecule has 0 fully saturated rings. The van der Waals surface area contributed by atoms with Crippen LogP contribution in [0.2, 0.25) is 0 Å². The van der Waals surface area contributed by atoms with Gasteiger partial charge in [-0.25, -0.2) is 14.8 Å². The maximum absolute atomic E-state index is 11.5. The van der Waals surface area contributed by atoms with Gasteiger partial charge in [0.05, 0.1) is 0 Å². The Morgan fingerprint density at radius 3 is 2.86 bits per heavy atom. The zero-order valence-electron chi connectivity index (χ0n) is 12.4. The van der Waals surface area contributed by atoms with E-state index in [2.05, 4.69) is 15.3 Å². The Hall–Kier alpha value is -2.63. The lowest BCUT2D eigenvalue weighted by molar-refractivity contribution is -0.139. The van der Waals surface area contributed by atoms with Crippen molar-refractivity contribution in [1.82, 2.24) is 9.97 Å². The highest BCUT2D eigenvalue weighted by Gasteiger charge is 2.25. The third-order valence-electron chi connectivity index (χ3n) is 3.93. The van der Waals surface area contributed by atoms with Gasteiger partial charge in [0.2, 0.25) is 0 Å². The van der Waals surface area contributed by atoms with Gasteiger partial charge in [-0.05, 0) is 18.1 Å². The first-order chi connectivity index (χ1) is 10.6. The molecule has 6 nitrogen and oxygen atoms in total. The second kappa shape index (κ2) is 5.63. The van der Waals surface area contributed by atoms with E-state index in [4.69, 9.17) is 4.42 Å². The van der Waals surface area contributed by atoms with Crippen LogP contribution in [0.4, 0.5) is 5.82 Å². The Morgan fingerprint density at radius 2 is 2.14 bits per heavy atom. The lowest BCUT2D eigenvalue weighted by Gasteiger charge is -2.20. The van der Waals surface area contributed by atoms with E-state index < -0.39 is 12.0 Å². The SMILES string of the molecule is CC[C@H](C)[C@@H](Nc1ncnc2c1oc1ccccc12)C(=O)O. The van der Waals surface area contributed by atoms with Crippen molar-refractivity contribution < 1.29 is 14.3 Å². The van der Waals surface area contributed by atoms with Gasteiger partial charge in [0, 0.05) is 5.39 Å². The number of carbonyl (C=O) groups is 1. The van der Waals surface area contributed by atoms with Crippen molar-refractivity contribution in [3.63, 3.8) is 0 Å². The van der Waals surface area contributed by atoms with E-state index in [-0.39, 0.29) is 5.92 Å². The Labute approximate surface area is 127 Å². The van der Waals surface area contributed by atoms with E-state index >= 15 is 0 Å². The molecule has 0 aliphatic carbocycles. The molecule has 0 radical (unpaired) electrons. The minimum atomic E-state index is -0.905. The fourth-order valence-corrected chi connectivity index (χ4v) is 2.46. The summed E-state index contributed by atoms with van der Waals surface area (Å²) in [4.78, 5) is 19.9. The van der Waals surface area contributed by atoms with E-state index in [1.54, 1.807) is 0 Å². The molecule has 0 unspecified atom stereocenters. The van der Waals surface area contributed by atoms with E-state index in [0.717, 1.165) is 11.8 Å². The van der Waals surface area contributed by atoms with Crippen LogP contribution in [0.3, 0.4) is 0 Å². The Morgan fingerprint density at radius 1 is 1.36 bits per heavy atom. The Balaban J connectivity index is 2.09. The summed E-state index contributed by atoms with van der Waals surface area (Å²) in [5.41, 5.74) is 1.87. The molecule has 6 heteroatoms. The predicted octanol–water partition coefficient (Wildman–Crippen LogP) is 3.29. The summed E-state index contributed by atoms with van der Waals surface area (Å²) < 4.78 is 5.80. The number of nitrogens with zero attached hydrogens (tertiary/aromatic N) is 2. The quantitative estimate of drug-likeness (QED) is 0.751. The Bertz CT molecular complexity index is 828. The number of aromatic nitrogens is 2. The maximum Gasteiger partial charge on any atom is 0.326 e. The standard InChI is InChI=1S/C16H17N3O3/c1-3-9(2)12(16(20)21)19-15-14-13(17-8-18-15)10-6-4-5-7-11(10)22-14/h4-9,12H,3H2,1-2H3,(H,20,21)(H,17,18,19)/t9-,12+/m0/s1. The summed E-state index contributed by atoms with van der Waals surface area (Å²) >= 11 is 0. The van der Waals surface area contributed by atoms with E-state index in [9.17, 15) is 9.90 Å². The van der Waals surface area contributed by atoms with Crippen molar-refractivity contribution in [1.29, 1.82) is 0 Å². The summed E-state index contributed by atoms with van der Waals surface area (Å²) in [6, 6.07) is 6.83. The fourth-order valence-electron chi connectivity index (χ4n) is 2.46. The van der Waals surface area contributed by atoms with Crippen LogP contribution in [0.15, 0.2) is 35.0 Å². The molecule has 0 bridgehead atoms. The number of fused-ring (bicyclic) bond motifs is 3. The second-order valence-electron chi connectivity index (χ2n) is 5.34. The van der Waals surface area contributed by atoms with Crippen LogP contribution in [0, 0.1) is 5.92 Å². The second-order valence-corrected chi connectivity index (χ2v) is 5.34. The molecule has 0 saturated carbocycles. The van der Waals surface area contributed by atoms with E-state index in [1.807, 2.05) is 38.1 Å². The van der Waals surface area contributed by atoms with Gasteiger partial charge in [0.15, 0.2) is 11.4 Å². The summed E-state index contributed by atoms with van der Waals surface area (Å²) in [6.45, 7) is 3.85. The molecular formula is C16H17N3O3. The molecule has 114 valence electrons. The summed E-state index contributed by atoms with van der Waals surface area (Å²) in [6.07, 6.45) is 2.17. The zero-order chi connectivity index (χ0) is 15.7. The number of aliphatic carboxylic acids is 1. The van der Waals surface area contributed by atoms with Crippen molar-refractivity contribution in [2.45, 2.75) is 26.3 Å². The van der Waals surface area contributed by atoms with Gasteiger partial charge in [-0.2, -0.15) is 0 Å². The summed E-state index contributed by atoms with van der Waals surface area (Å²) in [5.74, 6) is -0.530. The van der Waals surface area contributed by atoms with E-state index in [1.165, 1.54) is 6.33 Å². The van der Waals surface area contributed by atoms with Gasteiger partial charge in [-0.15, -0.1) is 0 Å². The van der Waals surface area contributed by atoms with Crippen molar-refractivity contribution >= 4 is 33.9 Å². The first kappa shape index (κ1) is 14.3. The van der Waals surface area contributed by atoms with Crippen molar-refractivity contribution in [2.75, 3.05) is 5.32 Å². The molecular weight excluding hydrogens is 282 g/mol. The van der Waals surface area contributed by atoms with Crippen LogP contribution < -0.4 is 5.32 Å². The highest BCUT2D eigenvalue weighted by atomic mass is 16.4. The van der Waals surface area contributed by atoms with Crippen molar-refractivity contribution in [3.05, 3.63) is 30.6 Å². The number of carboxylic acid groups (broad SMARTS) is 1. The monoisotopic (exact) mass is 299 g/mol. The number of nitrogens with one attached hydrogen (secondary N) is 1. The molecule has 0 aliphatic heterocycles. The summed E-state index contributed by atoms with van der Waals surface area (Å²) in [5, 5.41) is 13.3. The van der Waals surface area contributed by atoms with Gasteiger partial charge in [-0.1, -0.05) is 32.4 Å². The molecule has 1 aromatic carbocycles. The van der Waals surface area contributed by atoms with Crippen LogP contribution in [0.5, 0.6) is 0 Å². The molecule has 0 saturated heterocycles. The molecule has 3 rings (SSSR count). The van der Waals surface area contributed by atoms with Gasteiger partial charge >= 0.3 is 5.97 Å². The van der Waals surface area contributed by atoms with Crippen LogP contribution >= 0.6 is 0 Å². The highest BCUT2D eigenvalue weighted by molar-refractivity contribution is 6.05. The average Bonchev–Trinajstić information content (AvgIpc) is 2.91. The number of carboxylic acids is 1. The number of hydrogen-bond acceptors (Lipinski definition) is 5. The normalized spacial score (nSPS) is 14.1. The molecule has 0 spiro atoms. The molecule has 3 aromatic rings. The lowest BCUT2D eigenvalue weighted by Crippen LogP contribution is -2.35. The number of anilines is 1. The summed E-state index contributed by atoms with van der Waals surface area (Å²) in [7, 11) is 0.